The van der Waals surface area contributed by atoms with Crippen LogP contribution < -0.4 is 10.1 Å². The van der Waals surface area contributed by atoms with Crippen LogP contribution in [-0.2, 0) is 16.0 Å². The standard InChI is InChI=1S/C14H19NO3/c1-3-18-14(16)9-13-12-8-11(17-2)5-4-10(12)6-7-15-13/h4-5,8,13,15H,3,6-7,9H2,1-2H3. The second kappa shape index (κ2) is 5.87. The normalized spacial score (nSPS) is 18.0. The van der Waals surface area contributed by atoms with Crippen molar-refractivity contribution in [2.24, 2.45) is 0 Å². The van der Waals surface area contributed by atoms with Crippen molar-refractivity contribution in [1.29, 1.82) is 0 Å². The Morgan fingerprint density at radius 1 is 1.50 bits per heavy atom. The van der Waals surface area contributed by atoms with Crippen LogP contribution in [0.15, 0.2) is 18.2 Å². The monoisotopic (exact) mass is 249 g/mol. The first-order chi connectivity index (χ1) is 8.74. The molecule has 0 spiro atoms. The summed E-state index contributed by atoms with van der Waals surface area (Å²) in [5.74, 6) is 0.664. The van der Waals surface area contributed by atoms with Gasteiger partial charge in [-0.3, -0.25) is 4.79 Å². The summed E-state index contributed by atoms with van der Waals surface area (Å²) in [6, 6.07) is 6.08. The van der Waals surface area contributed by atoms with Crippen LogP contribution in [0.1, 0.15) is 30.5 Å². The lowest BCUT2D eigenvalue weighted by Crippen LogP contribution is -2.31. The summed E-state index contributed by atoms with van der Waals surface area (Å²) in [6.07, 6.45) is 1.35. The molecule has 1 heterocycles. The lowest BCUT2D eigenvalue weighted by Gasteiger charge is -2.26. The Labute approximate surface area is 107 Å². The third kappa shape index (κ3) is 2.82. The van der Waals surface area contributed by atoms with Crippen molar-refractivity contribution in [3.63, 3.8) is 0 Å². The molecule has 0 aliphatic carbocycles. The molecule has 0 fully saturated rings. The third-order valence-electron chi connectivity index (χ3n) is 3.19. The van der Waals surface area contributed by atoms with Crippen LogP contribution in [0, 0.1) is 0 Å². The molecular weight excluding hydrogens is 230 g/mol. The van der Waals surface area contributed by atoms with Crippen LogP contribution in [0.5, 0.6) is 5.75 Å². The molecule has 1 aliphatic heterocycles. The molecule has 0 radical (unpaired) electrons. The molecule has 4 heteroatoms. The number of methoxy groups -OCH3 is 1. The number of fused-ring (bicyclic) bond motifs is 1. The zero-order valence-corrected chi connectivity index (χ0v) is 10.9. The Morgan fingerprint density at radius 2 is 2.33 bits per heavy atom. The van der Waals surface area contributed by atoms with Gasteiger partial charge in [0.2, 0.25) is 0 Å². The van der Waals surface area contributed by atoms with Crippen molar-refractivity contribution in [3.8, 4) is 5.75 Å². The predicted molar refractivity (Wildman–Crippen MR) is 68.7 cm³/mol. The van der Waals surface area contributed by atoms with Gasteiger partial charge in [-0.25, -0.2) is 0 Å². The quantitative estimate of drug-likeness (QED) is 0.827. The summed E-state index contributed by atoms with van der Waals surface area (Å²) in [4.78, 5) is 11.6. The first-order valence-corrected chi connectivity index (χ1v) is 6.30. The lowest BCUT2D eigenvalue weighted by molar-refractivity contribution is -0.143. The molecule has 1 aromatic rings. The Hall–Kier alpha value is -1.55. The number of hydrogen-bond donors (Lipinski definition) is 1. The van der Waals surface area contributed by atoms with Crippen LogP contribution in [0.3, 0.4) is 0 Å². The number of carbonyl (C=O) groups is 1. The predicted octanol–water partition coefficient (Wildman–Crippen LogP) is 1.84. The molecule has 0 aromatic heterocycles. The highest BCUT2D eigenvalue weighted by molar-refractivity contribution is 5.70. The van der Waals surface area contributed by atoms with Gasteiger partial charge in [-0.05, 0) is 43.1 Å². The zero-order valence-electron chi connectivity index (χ0n) is 10.9. The van der Waals surface area contributed by atoms with E-state index in [4.69, 9.17) is 9.47 Å². The molecule has 0 saturated heterocycles. The van der Waals surface area contributed by atoms with E-state index in [0.29, 0.717) is 13.0 Å². The molecule has 2 rings (SSSR count). The highest BCUT2D eigenvalue weighted by Gasteiger charge is 2.23. The Morgan fingerprint density at radius 3 is 3.06 bits per heavy atom. The highest BCUT2D eigenvalue weighted by atomic mass is 16.5. The summed E-state index contributed by atoms with van der Waals surface area (Å²) in [5.41, 5.74) is 2.43. The minimum Gasteiger partial charge on any atom is -0.497 e. The summed E-state index contributed by atoms with van der Waals surface area (Å²) in [7, 11) is 1.65. The van der Waals surface area contributed by atoms with Crippen LogP contribution >= 0.6 is 0 Å². The van der Waals surface area contributed by atoms with Crippen molar-refractivity contribution >= 4 is 5.97 Å². The van der Waals surface area contributed by atoms with E-state index >= 15 is 0 Å². The van der Waals surface area contributed by atoms with E-state index in [1.807, 2.05) is 19.1 Å². The summed E-state index contributed by atoms with van der Waals surface area (Å²) in [6.45, 7) is 3.14. The van der Waals surface area contributed by atoms with Gasteiger partial charge in [0.1, 0.15) is 5.75 Å². The van der Waals surface area contributed by atoms with E-state index in [1.165, 1.54) is 5.56 Å². The molecule has 0 bridgehead atoms. The first kappa shape index (κ1) is 12.9. The van der Waals surface area contributed by atoms with Gasteiger partial charge in [0, 0.05) is 6.04 Å². The Kier molecular flexibility index (Phi) is 4.20. The van der Waals surface area contributed by atoms with Gasteiger partial charge in [-0.1, -0.05) is 6.07 Å². The number of ether oxygens (including phenoxy) is 2. The highest BCUT2D eigenvalue weighted by Crippen LogP contribution is 2.29. The second-order valence-electron chi connectivity index (χ2n) is 4.33. The van der Waals surface area contributed by atoms with Crippen LogP contribution in [0.25, 0.3) is 0 Å². The maximum Gasteiger partial charge on any atom is 0.307 e. The molecule has 1 N–H and O–H groups in total. The van der Waals surface area contributed by atoms with E-state index in [1.54, 1.807) is 7.11 Å². The number of carbonyl (C=O) groups excluding carboxylic acids is 1. The second-order valence-corrected chi connectivity index (χ2v) is 4.33. The molecule has 1 atom stereocenters. The largest absolute Gasteiger partial charge is 0.497 e. The number of benzene rings is 1. The topological polar surface area (TPSA) is 47.6 Å². The van der Waals surface area contributed by atoms with Crippen LogP contribution in [0.4, 0.5) is 0 Å². The first-order valence-electron chi connectivity index (χ1n) is 6.30. The number of rotatable bonds is 4. The number of nitrogens with one attached hydrogen (secondary N) is 1. The van der Waals surface area contributed by atoms with Gasteiger partial charge in [-0.2, -0.15) is 0 Å². The number of hydrogen-bond acceptors (Lipinski definition) is 4. The fourth-order valence-corrected chi connectivity index (χ4v) is 2.31. The molecule has 4 nitrogen and oxygen atoms in total. The maximum absolute atomic E-state index is 11.6. The Bertz CT molecular complexity index is 431. The molecule has 1 aromatic carbocycles. The van der Waals surface area contributed by atoms with E-state index in [9.17, 15) is 4.79 Å². The van der Waals surface area contributed by atoms with E-state index in [0.717, 1.165) is 24.3 Å². The minimum atomic E-state index is -0.161. The van der Waals surface area contributed by atoms with Gasteiger partial charge in [0.05, 0.1) is 20.1 Å². The number of esters is 1. The van der Waals surface area contributed by atoms with Gasteiger partial charge in [-0.15, -0.1) is 0 Å². The van der Waals surface area contributed by atoms with Crippen molar-refractivity contribution in [3.05, 3.63) is 29.3 Å². The van der Waals surface area contributed by atoms with E-state index in [-0.39, 0.29) is 12.0 Å². The molecule has 1 unspecified atom stereocenters. The molecule has 18 heavy (non-hydrogen) atoms. The fourth-order valence-electron chi connectivity index (χ4n) is 2.31. The van der Waals surface area contributed by atoms with Crippen molar-refractivity contribution in [1.82, 2.24) is 5.32 Å². The van der Waals surface area contributed by atoms with E-state index in [2.05, 4.69) is 11.4 Å². The SMILES string of the molecule is CCOC(=O)CC1NCCc2ccc(OC)cc21. The molecule has 0 amide bonds. The fraction of sp³-hybridized carbons (Fsp3) is 0.500. The van der Waals surface area contributed by atoms with Crippen LogP contribution in [-0.4, -0.2) is 26.2 Å². The smallest absolute Gasteiger partial charge is 0.307 e. The van der Waals surface area contributed by atoms with Gasteiger partial charge in [0.15, 0.2) is 0 Å². The molecule has 0 saturated carbocycles. The summed E-state index contributed by atoms with van der Waals surface area (Å²) in [5, 5.41) is 3.36. The van der Waals surface area contributed by atoms with Gasteiger partial charge in [0.25, 0.3) is 0 Å². The zero-order chi connectivity index (χ0) is 13.0. The lowest BCUT2D eigenvalue weighted by atomic mass is 9.92. The summed E-state index contributed by atoms with van der Waals surface area (Å²) >= 11 is 0. The van der Waals surface area contributed by atoms with Gasteiger partial charge < -0.3 is 14.8 Å². The van der Waals surface area contributed by atoms with E-state index < -0.39 is 0 Å². The van der Waals surface area contributed by atoms with Crippen molar-refractivity contribution in [2.75, 3.05) is 20.3 Å². The third-order valence-corrected chi connectivity index (χ3v) is 3.19. The molecule has 98 valence electrons. The summed E-state index contributed by atoms with van der Waals surface area (Å²) < 4.78 is 10.2. The van der Waals surface area contributed by atoms with Crippen LogP contribution in [0.2, 0.25) is 0 Å². The minimum absolute atomic E-state index is 0.0305. The van der Waals surface area contributed by atoms with Crippen molar-refractivity contribution < 1.29 is 14.3 Å². The van der Waals surface area contributed by atoms with Gasteiger partial charge >= 0.3 is 5.97 Å². The maximum atomic E-state index is 11.6. The average molecular weight is 249 g/mol. The average Bonchev–Trinajstić information content (AvgIpc) is 2.39. The Balaban J connectivity index is 2.18. The molecular formula is C14H19NO3. The molecule has 1 aliphatic rings. The van der Waals surface area contributed by atoms with Crippen molar-refractivity contribution in [2.45, 2.75) is 25.8 Å².